The van der Waals surface area contributed by atoms with Crippen LogP contribution in [0.1, 0.15) is 5.82 Å². The van der Waals surface area contributed by atoms with E-state index in [9.17, 15) is 4.79 Å². The lowest BCUT2D eigenvalue weighted by molar-refractivity contribution is -0.133. The Morgan fingerprint density at radius 2 is 1.64 bits per heavy atom. The summed E-state index contributed by atoms with van der Waals surface area (Å²) >= 11 is 0. The molecule has 0 saturated carbocycles. The molecule has 1 saturated heterocycles. The number of para-hydroxylation sites is 1. The third-order valence-corrected chi connectivity index (χ3v) is 4.74. The predicted molar refractivity (Wildman–Crippen MR) is 107 cm³/mol. The molecule has 0 N–H and O–H groups in total. The lowest BCUT2D eigenvalue weighted by atomic mass is 10.3. The van der Waals surface area contributed by atoms with E-state index in [4.69, 9.17) is 4.74 Å². The van der Waals surface area contributed by atoms with E-state index in [2.05, 4.69) is 14.9 Å². The summed E-state index contributed by atoms with van der Waals surface area (Å²) in [4.78, 5) is 25.6. The van der Waals surface area contributed by atoms with Gasteiger partial charge < -0.3 is 19.1 Å². The Hall–Kier alpha value is -3.35. The maximum absolute atomic E-state index is 12.4. The zero-order valence-electron chi connectivity index (χ0n) is 15.9. The first-order valence-electron chi connectivity index (χ1n) is 9.39. The van der Waals surface area contributed by atoms with Gasteiger partial charge in [-0.1, -0.05) is 18.2 Å². The van der Waals surface area contributed by atoms with Crippen molar-refractivity contribution in [3.05, 3.63) is 66.7 Å². The molecule has 0 aliphatic carbocycles. The Balaban J connectivity index is 1.36. The molecule has 1 aliphatic rings. The van der Waals surface area contributed by atoms with E-state index in [-0.39, 0.29) is 12.5 Å². The van der Waals surface area contributed by atoms with E-state index in [1.54, 1.807) is 0 Å². The molecular weight excluding hydrogens is 354 g/mol. The first-order chi connectivity index (χ1) is 13.7. The van der Waals surface area contributed by atoms with Crippen LogP contribution in [0, 0.1) is 6.92 Å². The fourth-order valence-corrected chi connectivity index (χ4v) is 3.26. The van der Waals surface area contributed by atoms with Crippen LogP contribution in [0.25, 0.3) is 5.82 Å². The highest BCUT2D eigenvalue weighted by atomic mass is 16.5. The van der Waals surface area contributed by atoms with Gasteiger partial charge in [-0.25, -0.2) is 9.97 Å². The Kier molecular flexibility index (Phi) is 5.23. The third kappa shape index (κ3) is 4.14. The number of aryl methyl sites for hydroxylation is 1. The van der Waals surface area contributed by atoms with Gasteiger partial charge in [0.05, 0.1) is 0 Å². The predicted octanol–water partition coefficient (Wildman–Crippen LogP) is 2.30. The van der Waals surface area contributed by atoms with Gasteiger partial charge in [0.15, 0.2) is 6.61 Å². The van der Waals surface area contributed by atoms with Crippen LogP contribution in [0.15, 0.2) is 60.9 Å². The number of aromatic nitrogens is 3. The van der Waals surface area contributed by atoms with Crippen molar-refractivity contribution in [2.75, 3.05) is 37.7 Å². The highest BCUT2D eigenvalue weighted by Crippen LogP contribution is 2.18. The first-order valence-corrected chi connectivity index (χ1v) is 9.39. The molecular formula is C21H23N5O2. The van der Waals surface area contributed by atoms with Crippen molar-refractivity contribution in [1.82, 2.24) is 19.4 Å². The fourth-order valence-electron chi connectivity index (χ4n) is 3.26. The number of carbonyl (C=O) groups is 1. The van der Waals surface area contributed by atoms with E-state index in [0.29, 0.717) is 18.8 Å². The van der Waals surface area contributed by atoms with Gasteiger partial charge in [-0.3, -0.25) is 4.79 Å². The van der Waals surface area contributed by atoms with Gasteiger partial charge in [0, 0.05) is 44.6 Å². The Labute approximate surface area is 164 Å². The van der Waals surface area contributed by atoms with Crippen molar-refractivity contribution in [3.8, 4) is 11.6 Å². The van der Waals surface area contributed by atoms with Crippen molar-refractivity contribution in [3.63, 3.8) is 0 Å². The van der Waals surface area contributed by atoms with Gasteiger partial charge >= 0.3 is 0 Å². The van der Waals surface area contributed by atoms with Crippen molar-refractivity contribution >= 4 is 11.7 Å². The molecule has 28 heavy (non-hydrogen) atoms. The summed E-state index contributed by atoms with van der Waals surface area (Å²) in [6.45, 7) is 4.74. The molecule has 7 heteroatoms. The molecule has 2 aromatic heterocycles. The highest BCUT2D eigenvalue weighted by molar-refractivity contribution is 5.78. The number of piperazine rings is 1. The second-order valence-corrected chi connectivity index (χ2v) is 6.69. The van der Waals surface area contributed by atoms with Crippen LogP contribution in [0.5, 0.6) is 5.75 Å². The fraction of sp³-hybridized carbons (Fsp3) is 0.286. The molecule has 1 aliphatic heterocycles. The normalized spacial score (nSPS) is 14.2. The number of hydrogen-bond acceptors (Lipinski definition) is 5. The number of anilines is 1. The minimum Gasteiger partial charge on any atom is -0.484 e. The third-order valence-electron chi connectivity index (χ3n) is 4.74. The maximum atomic E-state index is 12.4. The number of ether oxygens (including phenoxy) is 1. The molecule has 1 aromatic carbocycles. The lowest BCUT2D eigenvalue weighted by Crippen LogP contribution is -2.50. The van der Waals surface area contributed by atoms with Gasteiger partial charge in [0.2, 0.25) is 0 Å². The van der Waals surface area contributed by atoms with Crippen LogP contribution in [0.4, 0.5) is 5.82 Å². The first kappa shape index (κ1) is 18.0. The molecule has 0 unspecified atom stereocenters. The largest absolute Gasteiger partial charge is 0.484 e. The van der Waals surface area contributed by atoms with Gasteiger partial charge in [0.1, 0.15) is 23.2 Å². The molecule has 0 spiro atoms. The van der Waals surface area contributed by atoms with Crippen LogP contribution >= 0.6 is 0 Å². The molecule has 0 atom stereocenters. The van der Waals surface area contributed by atoms with Crippen LogP contribution in [0.2, 0.25) is 0 Å². The molecule has 4 rings (SSSR count). The monoisotopic (exact) mass is 377 g/mol. The van der Waals surface area contributed by atoms with Crippen LogP contribution in [-0.4, -0.2) is 58.1 Å². The molecule has 144 valence electrons. The SMILES string of the molecule is Cc1nc(N2CCN(C(=O)COc3ccccc3)CC2)cc(-n2cccc2)n1. The summed E-state index contributed by atoms with van der Waals surface area (Å²) < 4.78 is 7.55. The van der Waals surface area contributed by atoms with E-state index in [1.165, 1.54) is 0 Å². The maximum Gasteiger partial charge on any atom is 0.260 e. The van der Waals surface area contributed by atoms with Gasteiger partial charge in [0.25, 0.3) is 5.91 Å². The van der Waals surface area contributed by atoms with Crippen molar-refractivity contribution in [1.29, 1.82) is 0 Å². The average Bonchev–Trinajstić information content (AvgIpc) is 3.27. The van der Waals surface area contributed by atoms with Crippen LogP contribution in [-0.2, 0) is 4.79 Å². The van der Waals surface area contributed by atoms with Gasteiger partial charge in [-0.2, -0.15) is 0 Å². The summed E-state index contributed by atoms with van der Waals surface area (Å²) in [6, 6.07) is 15.3. The standard InChI is InChI=1S/C21H23N5O2/c1-17-22-19(24-9-5-6-10-24)15-20(23-17)25-11-13-26(14-12-25)21(27)16-28-18-7-3-2-4-8-18/h2-10,15H,11-14,16H2,1H3. The molecule has 7 nitrogen and oxygen atoms in total. The molecule has 0 bridgehead atoms. The summed E-state index contributed by atoms with van der Waals surface area (Å²) in [5, 5.41) is 0. The number of amides is 1. The second kappa shape index (κ2) is 8.12. The van der Waals surface area contributed by atoms with E-state index >= 15 is 0 Å². The molecule has 1 fully saturated rings. The number of rotatable bonds is 5. The number of hydrogen-bond donors (Lipinski definition) is 0. The van der Waals surface area contributed by atoms with Crippen LogP contribution < -0.4 is 9.64 Å². The van der Waals surface area contributed by atoms with Gasteiger partial charge in [-0.05, 0) is 31.2 Å². The minimum atomic E-state index is 0.00963. The Bertz CT molecular complexity index is 919. The van der Waals surface area contributed by atoms with E-state index < -0.39 is 0 Å². The minimum absolute atomic E-state index is 0.00963. The van der Waals surface area contributed by atoms with E-state index in [1.807, 2.05) is 77.3 Å². The van der Waals surface area contributed by atoms with Crippen LogP contribution in [0.3, 0.4) is 0 Å². The number of nitrogens with zero attached hydrogens (tertiary/aromatic N) is 5. The van der Waals surface area contributed by atoms with E-state index in [0.717, 1.165) is 30.5 Å². The summed E-state index contributed by atoms with van der Waals surface area (Å²) in [7, 11) is 0. The highest BCUT2D eigenvalue weighted by Gasteiger charge is 2.23. The zero-order chi connectivity index (χ0) is 19.3. The Morgan fingerprint density at radius 1 is 0.964 bits per heavy atom. The topological polar surface area (TPSA) is 63.5 Å². The summed E-state index contributed by atoms with van der Waals surface area (Å²) in [6.07, 6.45) is 3.93. The number of carbonyl (C=O) groups excluding carboxylic acids is 1. The molecule has 1 amide bonds. The van der Waals surface area contributed by atoms with Crippen molar-refractivity contribution < 1.29 is 9.53 Å². The Morgan fingerprint density at radius 3 is 2.36 bits per heavy atom. The second-order valence-electron chi connectivity index (χ2n) is 6.69. The summed E-state index contributed by atoms with van der Waals surface area (Å²) in [5.41, 5.74) is 0. The van der Waals surface area contributed by atoms with Crippen molar-refractivity contribution in [2.24, 2.45) is 0 Å². The summed E-state index contributed by atoms with van der Waals surface area (Å²) in [5.74, 6) is 3.20. The van der Waals surface area contributed by atoms with Crippen molar-refractivity contribution in [2.45, 2.75) is 6.92 Å². The quantitative estimate of drug-likeness (QED) is 0.683. The van der Waals surface area contributed by atoms with Gasteiger partial charge in [-0.15, -0.1) is 0 Å². The average molecular weight is 377 g/mol. The molecule has 3 heterocycles. The lowest BCUT2D eigenvalue weighted by Gasteiger charge is -2.35. The number of benzene rings is 1. The smallest absolute Gasteiger partial charge is 0.260 e. The molecule has 0 radical (unpaired) electrons. The molecule has 3 aromatic rings. The zero-order valence-corrected chi connectivity index (χ0v) is 15.9.